The van der Waals surface area contributed by atoms with E-state index in [0.717, 1.165) is 0 Å². The summed E-state index contributed by atoms with van der Waals surface area (Å²) in [4.78, 5) is 0. The van der Waals surface area contributed by atoms with Gasteiger partial charge in [-0.15, -0.1) is 0 Å². The number of hydrogen-bond acceptors (Lipinski definition) is 3. The first-order valence-electron chi connectivity index (χ1n) is 2.58. The second kappa shape index (κ2) is 6.30. The van der Waals surface area contributed by atoms with Crippen molar-refractivity contribution in [2.75, 3.05) is 20.2 Å². The lowest BCUT2D eigenvalue weighted by Crippen LogP contribution is -2.11. The van der Waals surface area contributed by atoms with Gasteiger partial charge >= 0.3 is 0 Å². The highest BCUT2D eigenvalue weighted by Gasteiger charge is 1.70. The van der Waals surface area contributed by atoms with Crippen LogP contribution in [0.3, 0.4) is 0 Å². The molecule has 0 saturated heterocycles. The fraction of sp³-hybridized carbons (Fsp3) is 0.600. The molecule has 8 heavy (non-hydrogen) atoms. The van der Waals surface area contributed by atoms with Crippen LogP contribution in [0.4, 0.5) is 0 Å². The smallest absolute Gasteiger partial charge is 0.0603 e. The monoisotopic (exact) mass is 116 g/mol. The van der Waals surface area contributed by atoms with E-state index in [2.05, 4.69) is 10.6 Å². The van der Waals surface area contributed by atoms with Gasteiger partial charge in [-0.25, -0.2) is 0 Å². The van der Waals surface area contributed by atoms with E-state index in [1.54, 1.807) is 12.4 Å². The summed E-state index contributed by atoms with van der Waals surface area (Å²) in [5.74, 6) is 0. The average molecular weight is 116 g/mol. The Hall–Kier alpha value is -0.700. The molecule has 0 aliphatic rings. The molecule has 0 aliphatic heterocycles. The first-order chi connectivity index (χ1) is 3.91. The van der Waals surface area contributed by atoms with E-state index in [1.165, 1.54) is 0 Å². The van der Waals surface area contributed by atoms with Gasteiger partial charge in [-0.3, -0.25) is 0 Å². The summed E-state index contributed by atoms with van der Waals surface area (Å²) in [5, 5.41) is 13.9. The minimum atomic E-state index is 0.175. The van der Waals surface area contributed by atoms with Gasteiger partial charge in [-0.1, -0.05) is 0 Å². The van der Waals surface area contributed by atoms with Crippen LogP contribution in [0.5, 0.6) is 0 Å². The average Bonchev–Trinajstić information content (AvgIpc) is 1.81. The summed E-state index contributed by atoms with van der Waals surface area (Å²) in [6.07, 6.45) is 3.51. The highest BCUT2D eigenvalue weighted by molar-refractivity contribution is 4.74. The molecule has 3 nitrogen and oxygen atoms in total. The molecule has 0 aromatic carbocycles. The molecule has 0 atom stereocenters. The summed E-state index contributed by atoms with van der Waals surface area (Å²) in [6, 6.07) is 0. The minimum absolute atomic E-state index is 0.175. The first-order valence-corrected chi connectivity index (χ1v) is 2.58. The van der Waals surface area contributed by atoms with Gasteiger partial charge in [0.2, 0.25) is 0 Å². The zero-order valence-corrected chi connectivity index (χ0v) is 5.02. The fourth-order valence-corrected chi connectivity index (χ4v) is 0.290. The third kappa shape index (κ3) is 5.30. The second-order valence-electron chi connectivity index (χ2n) is 1.30. The van der Waals surface area contributed by atoms with E-state index < -0.39 is 0 Å². The molecule has 3 heteroatoms. The number of aliphatic hydroxyl groups is 1. The molecule has 0 spiro atoms. The van der Waals surface area contributed by atoms with Crippen LogP contribution in [-0.4, -0.2) is 25.3 Å². The number of nitrogens with one attached hydrogen (secondary N) is 2. The Bertz CT molecular complexity index is 63.4. The zero-order valence-electron chi connectivity index (χ0n) is 5.02. The van der Waals surface area contributed by atoms with Crippen molar-refractivity contribution in [1.82, 2.24) is 10.6 Å². The predicted octanol–water partition coefficient (Wildman–Crippen LogP) is -0.741. The van der Waals surface area contributed by atoms with Crippen LogP contribution in [0.2, 0.25) is 0 Å². The van der Waals surface area contributed by atoms with Gasteiger partial charge in [0.1, 0.15) is 0 Å². The van der Waals surface area contributed by atoms with Gasteiger partial charge in [0.25, 0.3) is 0 Å². The molecule has 0 bridgehead atoms. The standard InChI is InChI=1S/C5H12N2O/c1-6-2-3-7-4-5-8/h2-3,6-8H,4-5H2,1H3/b3-2-. The van der Waals surface area contributed by atoms with E-state index in [0.29, 0.717) is 6.54 Å². The fourth-order valence-electron chi connectivity index (χ4n) is 0.290. The molecule has 0 aromatic heterocycles. The van der Waals surface area contributed by atoms with Crippen LogP contribution in [-0.2, 0) is 0 Å². The minimum Gasteiger partial charge on any atom is -0.395 e. The third-order valence-corrected chi connectivity index (χ3v) is 0.624. The Balaban J connectivity index is 2.80. The van der Waals surface area contributed by atoms with E-state index >= 15 is 0 Å². The Kier molecular flexibility index (Phi) is 5.75. The number of hydrogen-bond donors (Lipinski definition) is 3. The van der Waals surface area contributed by atoms with Gasteiger partial charge in [-0.05, 0) is 0 Å². The lowest BCUT2D eigenvalue weighted by Gasteiger charge is -1.92. The SMILES string of the molecule is CN/C=C\NCCO. The Morgan fingerprint density at radius 3 is 2.75 bits per heavy atom. The summed E-state index contributed by atoms with van der Waals surface area (Å²) >= 11 is 0. The normalized spacial score (nSPS) is 9.75. The van der Waals surface area contributed by atoms with Gasteiger partial charge in [0, 0.05) is 26.0 Å². The van der Waals surface area contributed by atoms with Crippen LogP contribution < -0.4 is 10.6 Å². The molecule has 0 radical (unpaired) electrons. The Labute approximate surface area is 49.4 Å². The van der Waals surface area contributed by atoms with Gasteiger partial charge < -0.3 is 15.7 Å². The van der Waals surface area contributed by atoms with Crippen LogP contribution in [0.25, 0.3) is 0 Å². The van der Waals surface area contributed by atoms with Crippen molar-refractivity contribution >= 4 is 0 Å². The van der Waals surface area contributed by atoms with Gasteiger partial charge in [0.15, 0.2) is 0 Å². The Morgan fingerprint density at radius 1 is 1.50 bits per heavy atom. The van der Waals surface area contributed by atoms with E-state index in [9.17, 15) is 0 Å². The quantitative estimate of drug-likeness (QED) is 0.424. The lowest BCUT2D eigenvalue weighted by atomic mass is 10.7. The number of aliphatic hydroxyl groups excluding tert-OH is 1. The Morgan fingerprint density at radius 2 is 2.25 bits per heavy atom. The summed E-state index contributed by atoms with van der Waals surface area (Å²) < 4.78 is 0. The van der Waals surface area contributed by atoms with Crippen molar-refractivity contribution in [3.05, 3.63) is 12.4 Å². The molecule has 0 fully saturated rings. The first kappa shape index (κ1) is 7.30. The van der Waals surface area contributed by atoms with Gasteiger partial charge in [0.05, 0.1) is 6.61 Å². The second-order valence-corrected chi connectivity index (χ2v) is 1.30. The van der Waals surface area contributed by atoms with Crippen molar-refractivity contribution in [2.24, 2.45) is 0 Å². The topological polar surface area (TPSA) is 44.3 Å². The van der Waals surface area contributed by atoms with Crippen LogP contribution in [0.15, 0.2) is 12.4 Å². The van der Waals surface area contributed by atoms with Crippen LogP contribution in [0, 0.1) is 0 Å². The molecular formula is C5H12N2O. The maximum absolute atomic E-state index is 8.25. The van der Waals surface area contributed by atoms with Crippen molar-refractivity contribution in [3.8, 4) is 0 Å². The molecule has 0 rings (SSSR count). The molecule has 0 aromatic rings. The molecule has 0 amide bonds. The van der Waals surface area contributed by atoms with Crippen molar-refractivity contribution in [2.45, 2.75) is 0 Å². The zero-order chi connectivity index (χ0) is 6.24. The summed E-state index contributed by atoms with van der Waals surface area (Å²) in [6.45, 7) is 0.784. The lowest BCUT2D eigenvalue weighted by molar-refractivity contribution is 0.298. The molecule has 0 saturated carbocycles. The van der Waals surface area contributed by atoms with Crippen LogP contribution in [0.1, 0.15) is 0 Å². The summed E-state index contributed by atoms with van der Waals surface area (Å²) in [5.41, 5.74) is 0. The van der Waals surface area contributed by atoms with Crippen molar-refractivity contribution < 1.29 is 5.11 Å². The summed E-state index contributed by atoms with van der Waals surface area (Å²) in [7, 11) is 1.82. The molecule has 0 heterocycles. The number of rotatable bonds is 4. The van der Waals surface area contributed by atoms with Gasteiger partial charge in [-0.2, -0.15) is 0 Å². The maximum atomic E-state index is 8.25. The largest absolute Gasteiger partial charge is 0.395 e. The highest BCUT2D eigenvalue weighted by atomic mass is 16.3. The van der Waals surface area contributed by atoms with Crippen LogP contribution >= 0.6 is 0 Å². The van der Waals surface area contributed by atoms with E-state index in [-0.39, 0.29) is 6.61 Å². The predicted molar refractivity (Wildman–Crippen MR) is 33.3 cm³/mol. The molecule has 0 unspecified atom stereocenters. The molecule has 48 valence electrons. The van der Waals surface area contributed by atoms with Crippen molar-refractivity contribution in [3.63, 3.8) is 0 Å². The highest BCUT2D eigenvalue weighted by Crippen LogP contribution is 1.57. The molecular weight excluding hydrogens is 104 g/mol. The maximum Gasteiger partial charge on any atom is 0.0603 e. The van der Waals surface area contributed by atoms with Crippen molar-refractivity contribution in [1.29, 1.82) is 0 Å². The third-order valence-electron chi connectivity index (χ3n) is 0.624. The molecule has 3 N–H and O–H groups in total. The van der Waals surface area contributed by atoms with E-state index in [1.807, 2.05) is 7.05 Å². The van der Waals surface area contributed by atoms with E-state index in [4.69, 9.17) is 5.11 Å². The molecule has 0 aliphatic carbocycles.